The molecular weight excluding hydrogens is 274 g/mol. The highest BCUT2D eigenvalue weighted by Crippen LogP contribution is 2.08. The molecule has 2 atom stereocenters. The number of rotatable bonds is 12. The number of nitrogens with zero attached hydrogens (tertiary/aromatic N) is 1. The number of hydrogen-bond acceptors (Lipinski definition) is 6. The van der Waals surface area contributed by atoms with Gasteiger partial charge < -0.3 is 4.79 Å². The van der Waals surface area contributed by atoms with Crippen molar-refractivity contribution in [3.8, 4) is 0 Å². The minimum Gasteiger partial charge on any atom is -0.302 e. The van der Waals surface area contributed by atoms with Crippen LogP contribution < -0.4 is 10.7 Å². The SMILES string of the molecule is CC(=O)[C@H](C)NCN(NCCCS)[C@H](C=O)CC(C)C. The first-order valence-electron chi connectivity index (χ1n) is 7.22. The monoisotopic (exact) mass is 303 g/mol. The van der Waals surface area contributed by atoms with Gasteiger partial charge in [0.05, 0.1) is 18.8 Å². The van der Waals surface area contributed by atoms with Crippen LogP contribution in [-0.4, -0.2) is 48.1 Å². The average molecular weight is 303 g/mol. The smallest absolute Gasteiger partial charge is 0.146 e. The Kier molecular flexibility index (Phi) is 11.0. The normalized spacial score (nSPS) is 14.6. The Morgan fingerprint density at radius 1 is 1.35 bits per heavy atom. The summed E-state index contributed by atoms with van der Waals surface area (Å²) in [5.74, 6) is 1.32. The Morgan fingerprint density at radius 3 is 2.45 bits per heavy atom. The molecule has 0 aromatic heterocycles. The van der Waals surface area contributed by atoms with Crippen LogP contribution in [0.4, 0.5) is 0 Å². The second-order valence-corrected chi connectivity index (χ2v) is 5.93. The summed E-state index contributed by atoms with van der Waals surface area (Å²) in [6.45, 7) is 8.79. The van der Waals surface area contributed by atoms with E-state index in [1.54, 1.807) is 6.92 Å². The highest BCUT2D eigenvalue weighted by molar-refractivity contribution is 7.80. The van der Waals surface area contributed by atoms with Gasteiger partial charge in [0.2, 0.25) is 0 Å². The van der Waals surface area contributed by atoms with Gasteiger partial charge in [-0.15, -0.1) is 0 Å². The standard InChI is InChI=1S/C14H29N3O2S/c1-11(2)8-14(9-18)17(16-6-5-7-20)10-15-12(3)13(4)19/h9,11-12,14-16,20H,5-8,10H2,1-4H3/t12-,14-/m0/s1. The van der Waals surface area contributed by atoms with Crippen molar-refractivity contribution >= 4 is 24.7 Å². The first-order chi connectivity index (χ1) is 9.42. The maximum absolute atomic E-state index is 11.3. The van der Waals surface area contributed by atoms with Crippen LogP contribution in [-0.2, 0) is 9.59 Å². The lowest BCUT2D eigenvalue weighted by atomic mass is 10.0. The zero-order valence-corrected chi connectivity index (χ0v) is 14.0. The maximum Gasteiger partial charge on any atom is 0.146 e. The number of hydrogen-bond donors (Lipinski definition) is 3. The van der Waals surface area contributed by atoms with Gasteiger partial charge in [0.15, 0.2) is 0 Å². The van der Waals surface area contributed by atoms with Crippen LogP contribution >= 0.6 is 12.6 Å². The molecule has 5 nitrogen and oxygen atoms in total. The summed E-state index contributed by atoms with van der Waals surface area (Å²) in [5, 5.41) is 5.02. The van der Waals surface area contributed by atoms with Crippen molar-refractivity contribution in [2.75, 3.05) is 19.0 Å². The van der Waals surface area contributed by atoms with E-state index in [2.05, 4.69) is 37.2 Å². The lowest BCUT2D eigenvalue weighted by molar-refractivity contribution is -0.119. The van der Waals surface area contributed by atoms with Crippen LogP contribution in [0, 0.1) is 5.92 Å². The van der Waals surface area contributed by atoms with E-state index in [1.807, 2.05) is 11.9 Å². The van der Waals surface area contributed by atoms with Gasteiger partial charge in [-0.2, -0.15) is 12.6 Å². The van der Waals surface area contributed by atoms with E-state index in [0.29, 0.717) is 12.6 Å². The van der Waals surface area contributed by atoms with Gasteiger partial charge in [-0.05, 0) is 38.4 Å². The molecule has 6 heteroatoms. The molecule has 0 saturated carbocycles. The lowest BCUT2D eigenvalue weighted by Crippen LogP contribution is -2.53. The number of carbonyl (C=O) groups excluding carboxylic acids is 2. The minimum absolute atomic E-state index is 0.0896. The Labute approximate surface area is 128 Å². The number of nitrogens with one attached hydrogen (secondary N) is 2. The number of carbonyl (C=O) groups is 2. The van der Waals surface area contributed by atoms with Crippen LogP contribution in [0.2, 0.25) is 0 Å². The molecule has 0 heterocycles. The zero-order valence-electron chi connectivity index (χ0n) is 13.1. The molecule has 0 aliphatic carbocycles. The Morgan fingerprint density at radius 2 is 2.00 bits per heavy atom. The summed E-state index contributed by atoms with van der Waals surface area (Å²) in [6, 6.07) is -0.405. The van der Waals surface area contributed by atoms with E-state index in [4.69, 9.17) is 0 Å². The molecular formula is C14H29N3O2S. The average Bonchev–Trinajstić information content (AvgIpc) is 2.39. The number of thiol groups is 1. The first kappa shape index (κ1) is 19.6. The molecule has 0 aliphatic heterocycles. The topological polar surface area (TPSA) is 61.4 Å². The van der Waals surface area contributed by atoms with Gasteiger partial charge >= 0.3 is 0 Å². The fourth-order valence-electron chi connectivity index (χ4n) is 1.71. The molecule has 0 bridgehead atoms. The third-order valence-corrected chi connectivity index (χ3v) is 3.41. The van der Waals surface area contributed by atoms with Gasteiger partial charge in [0, 0.05) is 6.54 Å². The van der Waals surface area contributed by atoms with Crippen LogP contribution in [0.1, 0.15) is 40.5 Å². The summed E-state index contributed by atoms with van der Waals surface area (Å²) < 4.78 is 0. The van der Waals surface area contributed by atoms with E-state index < -0.39 is 0 Å². The van der Waals surface area contributed by atoms with Crippen molar-refractivity contribution < 1.29 is 9.59 Å². The first-order valence-corrected chi connectivity index (χ1v) is 7.85. The molecule has 118 valence electrons. The quantitative estimate of drug-likeness (QED) is 0.167. The van der Waals surface area contributed by atoms with Gasteiger partial charge in [-0.1, -0.05) is 13.8 Å². The van der Waals surface area contributed by atoms with Crippen LogP contribution in [0.5, 0.6) is 0 Å². The molecule has 2 N–H and O–H groups in total. The fraction of sp³-hybridized carbons (Fsp3) is 0.857. The molecule has 0 fully saturated rings. The molecule has 0 rings (SSSR count). The highest BCUT2D eigenvalue weighted by atomic mass is 32.1. The second kappa shape index (κ2) is 11.3. The zero-order chi connectivity index (χ0) is 15.5. The van der Waals surface area contributed by atoms with Crippen LogP contribution in [0.3, 0.4) is 0 Å². The van der Waals surface area contributed by atoms with E-state index in [0.717, 1.165) is 31.4 Å². The van der Waals surface area contributed by atoms with Crippen molar-refractivity contribution in [1.29, 1.82) is 0 Å². The number of aldehydes is 1. The molecule has 0 aromatic carbocycles. The van der Waals surface area contributed by atoms with E-state index in [-0.39, 0.29) is 17.9 Å². The van der Waals surface area contributed by atoms with E-state index in [1.165, 1.54) is 0 Å². The number of hydrazine groups is 1. The fourth-order valence-corrected chi connectivity index (χ4v) is 1.87. The summed E-state index contributed by atoms with van der Waals surface area (Å²) >= 11 is 4.18. The lowest BCUT2D eigenvalue weighted by Gasteiger charge is -2.30. The van der Waals surface area contributed by atoms with E-state index in [9.17, 15) is 9.59 Å². The molecule has 0 spiro atoms. The molecule has 0 aromatic rings. The Hall–Kier alpha value is -0.430. The molecule has 0 saturated heterocycles. The molecule has 0 aliphatic rings. The van der Waals surface area contributed by atoms with Crippen molar-refractivity contribution in [2.45, 2.75) is 52.6 Å². The van der Waals surface area contributed by atoms with Crippen molar-refractivity contribution in [2.24, 2.45) is 5.92 Å². The largest absolute Gasteiger partial charge is 0.302 e. The number of Topliss-reactive ketones (excluding diaryl/α,β-unsaturated/α-hetero) is 1. The maximum atomic E-state index is 11.3. The van der Waals surface area contributed by atoms with Gasteiger partial charge in [0.25, 0.3) is 0 Å². The third kappa shape index (κ3) is 8.68. The van der Waals surface area contributed by atoms with Crippen molar-refractivity contribution in [3.63, 3.8) is 0 Å². The summed E-state index contributed by atoms with van der Waals surface area (Å²) in [5.41, 5.74) is 3.25. The second-order valence-electron chi connectivity index (χ2n) is 5.48. The van der Waals surface area contributed by atoms with Crippen LogP contribution in [0.15, 0.2) is 0 Å². The predicted octanol–water partition coefficient (Wildman–Crippen LogP) is 1.25. The molecule has 0 amide bonds. The summed E-state index contributed by atoms with van der Waals surface area (Å²) in [4.78, 5) is 22.6. The van der Waals surface area contributed by atoms with Crippen molar-refractivity contribution in [3.05, 3.63) is 0 Å². The molecule has 0 unspecified atom stereocenters. The van der Waals surface area contributed by atoms with Gasteiger partial charge in [0.1, 0.15) is 12.1 Å². The van der Waals surface area contributed by atoms with Gasteiger partial charge in [-0.3, -0.25) is 15.5 Å². The summed E-state index contributed by atoms with van der Waals surface area (Å²) in [7, 11) is 0. The van der Waals surface area contributed by atoms with E-state index >= 15 is 0 Å². The van der Waals surface area contributed by atoms with Gasteiger partial charge in [-0.25, -0.2) is 5.01 Å². The molecule has 20 heavy (non-hydrogen) atoms. The predicted molar refractivity (Wildman–Crippen MR) is 85.8 cm³/mol. The minimum atomic E-state index is -0.212. The molecule has 0 radical (unpaired) electrons. The number of ketones is 1. The Balaban J connectivity index is 4.51. The highest BCUT2D eigenvalue weighted by Gasteiger charge is 2.19. The van der Waals surface area contributed by atoms with Crippen LogP contribution in [0.25, 0.3) is 0 Å². The Bertz CT molecular complexity index is 288. The van der Waals surface area contributed by atoms with Crippen molar-refractivity contribution in [1.82, 2.24) is 15.8 Å². The summed E-state index contributed by atoms with van der Waals surface area (Å²) in [6.07, 6.45) is 2.68. The third-order valence-electron chi connectivity index (χ3n) is 3.10.